The molecular formula is C26H25F3O2. The van der Waals surface area contributed by atoms with E-state index < -0.39 is 6.36 Å². The Kier molecular flexibility index (Phi) is 6.44. The predicted octanol–water partition coefficient (Wildman–Crippen LogP) is 8.38. The Morgan fingerprint density at radius 3 is 1.94 bits per heavy atom. The van der Waals surface area contributed by atoms with Gasteiger partial charge in [-0.05, 0) is 59.4 Å². The van der Waals surface area contributed by atoms with E-state index in [1.54, 1.807) is 12.1 Å². The molecule has 0 N–H and O–H groups in total. The van der Waals surface area contributed by atoms with Crippen LogP contribution in [0.25, 0.3) is 17.2 Å². The summed E-state index contributed by atoms with van der Waals surface area (Å²) in [6.45, 7) is 8.36. The van der Waals surface area contributed by atoms with E-state index in [0.29, 0.717) is 11.5 Å². The highest BCUT2D eigenvalue weighted by Gasteiger charge is 2.31. The Morgan fingerprint density at radius 1 is 0.774 bits per heavy atom. The van der Waals surface area contributed by atoms with Crippen LogP contribution >= 0.6 is 0 Å². The van der Waals surface area contributed by atoms with Crippen molar-refractivity contribution < 1.29 is 22.6 Å². The van der Waals surface area contributed by atoms with Crippen molar-refractivity contribution in [2.24, 2.45) is 0 Å². The molecule has 0 aliphatic carbocycles. The van der Waals surface area contributed by atoms with Crippen LogP contribution in [0.4, 0.5) is 13.2 Å². The summed E-state index contributed by atoms with van der Waals surface area (Å²) in [6.07, 6.45) is -0.891. The number of rotatable bonds is 5. The largest absolute Gasteiger partial charge is 0.573 e. The minimum atomic E-state index is -4.71. The van der Waals surface area contributed by atoms with Crippen molar-refractivity contribution in [1.82, 2.24) is 0 Å². The lowest BCUT2D eigenvalue weighted by molar-refractivity contribution is -0.274. The summed E-state index contributed by atoms with van der Waals surface area (Å²) in [6, 6.07) is 19.4. The van der Waals surface area contributed by atoms with Gasteiger partial charge in [-0.3, -0.25) is 0 Å². The third-order valence-electron chi connectivity index (χ3n) is 4.75. The van der Waals surface area contributed by atoms with Gasteiger partial charge in [-0.25, -0.2) is 0 Å². The molecular weight excluding hydrogens is 401 g/mol. The van der Waals surface area contributed by atoms with Crippen LogP contribution in [0.5, 0.6) is 17.2 Å². The quantitative estimate of drug-likeness (QED) is 0.408. The average molecular weight is 426 g/mol. The third kappa shape index (κ3) is 5.91. The predicted molar refractivity (Wildman–Crippen MR) is 118 cm³/mol. The monoisotopic (exact) mass is 426 g/mol. The smallest absolute Gasteiger partial charge is 0.457 e. The van der Waals surface area contributed by atoms with Crippen LogP contribution < -0.4 is 9.47 Å². The summed E-state index contributed by atoms with van der Waals surface area (Å²) < 4.78 is 47.4. The third-order valence-corrected chi connectivity index (χ3v) is 4.75. The molecule has 0 amide bonds. The van der Waals surface area contributed by atoms with Crippen molar-refractivity contribution in [3.8, 4) is 28.4 Å². The first-order valence-electron chi connectivity index (χ1n) is 9.97. The van der Waals surface area contributed by atoms with Gasteiger partial charge in [-0.2, -0.15) is 0 Å². The zero-order valence-corrected chi connectivity index (χ0v) is 18.0. The zero-order valence-electron chi connectivity index (χ0n) is 18.0. The van der Waals surface area contributed by atoms with Gasteiger partial charge in [0, 0.05) is 5.56 Å². The highest BCUT2D eigenvalue weighted by Crippen LogP contribution is 2.36. The number of hydrogen-bond acceptors (Lipinski definition) is 2. The Morgan fingerprint density at radius 2 is 1.39 bits per heavy atom. The second kappa shape index (κ2) is 8.88. The van der Waals surface area contributed by atoms with Gasteiger partial charge in [-0.1, -0.05) is 69.3 Å². The number of benzene rings is 3. The van der Waals surface area contributed by atoms with E-state index >= 15 is 0 Å². The Balaban J connectivity index is 1.93. The molecule has 3 rings (SSSR count). The van der Waals surface area contributed by atoms with Crippen molar-refractivity contribution in [3.63, 3.8) is 0 Å². The van der Waals surface area contributed by atoms with E-state index in [9.17, 15) is 13.2 Å². The summed E-state index contributed by atoms with van der Waals surface area (Å²) in [5.41, 5.74) is 3.71. The van der Waals surface area contributed by atoms with Crippen molar-refractivity contribution in [3.05, 3.63) is 83.9 Å². The zero-order chi connectivity index (χ0) is 22.6. The summed E-state index contributed by atoms with van der Waals surface area (Å²) in [5.74, 6) is 1.12. The van der Waals surface area contributed by atoms with Gasteiger partial charge in [0.2, 0.25) is 0 Å². The lowest BCUT2D eigenvalue weighted by Gasteiger charge is -2.19. The number of ether oxygens (including phenoxy) is 2. The van der Waals surface area contributed by atoms with E-state index in [-0.39, 0.29) is 11.2 Å². The summed E-state index contributed by atoms with van der Waals surface area (Å²) >= 11 is 0. The molecule has 5 heteroatoms. The average Bonchev–Trinajstić information content (AvgIpc) is 2.69. The van der Waals surface area contributed by atoms with Gasteiger partial charge in [0.25, 0.3) is 0 Å². The molecule has 0 bridgehead atoms. The maximum atomic E-state index is 12.4. The van der Waals surface area contributed by atoms with Crippen LogP contribution in [0.1, 0.15) is 38.8 Å². The maximum Gasteiger partial charge on any atom is 0.573 e. The molecule has 0 heterocycles. The van der Waals surface area contributed by atoms with Gasteiger partial charge in [-0.15, -0.1) is 13.2 Å². The van der Waals surface area contributed by atoms with E-state index in [2.05, 4.69) is 25.5 Å². The first-order valence-corrected chi connectivity index (χ1v) is 9.97. The van der Waals surface area contributed by atoms with Gasteiger partial charge in [0.1, 0.15) is 17.2 Å². The Hall–Kier alpha value is -3.21. The number of alkyl halides is 3. The summed E-state index contributed by atoms with van der Waals surface area (Å²) in [7, 11) is 0. The normalized spacial score (nSPS) is 12.2. The molecule has 3 aromatic carbocycles. The van der Waals surface area contributed by atoms with Crippen LogP contribution in [0.3, 0.4) is 0 Å². The molecule has 162 valence electrons. The first-order chi connectivity index (χ1) is 14.6. The second-order valence-corrected chi connectivity index (χ2v) is 8.17. The molecule has 2 nitrogen and oxygen atoms in total. The fraction of sp³-hybridized carbons (Fsp3) is 0.231. The minimum absolute atomic E-state index is 0.0521. The van der Waals surface area contributed by atoms with Gasteiger partial charge in [0.05, 0.1) is 0 Å². The highest BCUT2D eigenvalue weighted by atomic mass is 19.4. The van der Waals surface area contributed by atoms with Crippen LogP contribution in [-0.4, -0.2) is 6.36 Å². The van der Waals surface area contributed by atoms with Gasteiger partial charge in [0.15, 0.2) is 0 Å². The minimum Gasteiger partial charge on any atom is -0.457 e. The van der Waals surface area contributed by atoms with Crippen molar-refractivity contribution in [1.29, 1.82) is 0 Å². The van der Waals surface area contributed by atoms with Crippen LogP contribution in [0, 0.1) is 0 Å². The van der Waals surface area contributed by atoms with E-state index in [4.69, 9.17) is 4.74 Å². The van der Waals surface area contributed by atoms with Crippen LogP contribution in [0.15, 0.2) is 72.8 Å². The number of hydrogen-bond donors (Lipinski definition) is 0. The molecule has 0 aliphatic heterocycles. The molecule has 0 aromatic heterocycles. The fourth-order valence-corrected chi connectivity index (χ4v) is 3.21. The van der Waals surface area contributed by atoms with Crippen LogP contribution in [-0.2, 0) is 5.41 Å². The highest BCUT2D eigenvalue weighted by molar-refractivity contribution is 5.79. The number of allylic oxidation sites excluding steroid dienone is 1. The standard InChI is InChI=1S/C26H25F3O2/c1-5-7-23-22(18-10-14-21(15-11-18)31-26(27,28)29)8-6-9-24(23)30-20-16-12-19(13-17-20)25(2,3)4/h5-17H,1-4H3/b7-5+. The lowest BCUT2D eigenvalue weighted by Crippen LogP contribution is -2.16. The lowest BCUT2D eigenvalue weighted by atomic mass is 9.87. The molecule has 3 aromatic rings. The summed E-state index contributed by atoms with van der Waals surface area (Å²) in [4.78, 5) is 0. The molecule has 0 saturated carbocycles. The van der Waals surface area contributed by atoms with Gasteiger partial charge >= 0.3 is 6.36 Å². The molecule has 0 atom stereocenters. The molecule has 31 heavy (non-hydrogen) atoms. The maximum absolute atomic E-state index is 12.4. The number of halogens is 3. The van der Waals surface area contributed by atoms with Crippen molar-refractivity contribution in [2.45, 2.75) is 39.5 Å². The molecule has 0 radical (unpaired) electrons. The van der Waals surface area contributed by atoms with Gasteiger partial charge < -0.3 is 9.47 Å². The van der Waals surface area contributed by atoms with E-state index in [0.717, 1.165) is 16.7 Å². The first kappa shape index (κ1) is 22.5. The molecule has 0 saturated heterocycles. The van der Waals surface area contributed by atoms with Crippen LogP contribution in [0.2, 0.25) is 0 Å². The Bertz CT molecular complexity index is 1040. The van der Waals surface area contributed by atoms with Crippen molar-refractivity contribution >= 4 is 6.08 Å². The Labute approximate surface area is 180 Å². The molecule has 0 fully saturated rings. The summed E-state index contributed by atoms with van der Waals surface area (Å²) in [5, 5.41) is 0. The second-order valence-electron chi connectivity index (χ2n) is 8.17. The topological polar surface area (TPSA) is 18.5 Å². The fourth-order valence-electron chi connectivity index (χ4n) is 3.21. The molecule has 0 unspecified atom stereocenters. The van der Waals surface area contributed by atoms with Crippen molar-refractivity contribution in [2.75, 3.05) is 0 Å². The van der Waals surface area contributed by atoms with E-state index in [1.807, 2.05) is 61.5 Å². The molecule has 0 aliphatic rings. The molecule has 0 spiro atoms. The SMILES string of the molecule is C/C=C/c1c(Oc2ccc(C(C)(C)C)cc2)cccc1-c1ccc(OC(F)(F)F)cc1. The van der Waals surface area contributed by atoms with E-state index in [1.165, 1.54) is 17.7 Å².